The monoisotopic (exact) mass is 323 g/mol. The maximum atomic E-state index is 12.6. The van der Waals surface area contributed by atoms with E-state index in [0.717, 1.165) is 11.1 Å². The minimum absolute atomic E-state index is 0.253. The lowest BCUT2D eigenvalue weighted by Crippen LogP contribution is -2.12. The Morgan fingerprint density at radius 3 is 2.25 bits per heavy atom. The summed E-state index contributed by atoms with van der Waals surface area (Å²) in [5, 5.41) is 2.81. The van der Waals surface area contributed by atoms with Gasteiger partial charge in [0.05, 0.1) is 20.5 Å². The summed E-state index contributed by atoms with van der Waals surface area (Å²) in [5.74, 6) is 1.09. The molecule has 2 aromatic carbocycles. The van der Waals surface area contributed by atoms with Crippen molar-refractivity contribution in [2.75, 3.05) is 19.5 Å². The number of benzene rings is 2. The highest BCUT2D eigenvalue weighted by Crippen LogP contribution is 2.28. The zero-order valence-corrected chi connectivity index (χ0v) is 13.4. The summed E-state index contributed by atoms with van der Waals surface area (Å²) in [5.41, 5.74) is 2.22. The van der Waals surface area contributed by atoms with Crippen LogP contribution >= 0.6 is 0 Å². The summed E-state index contributed by atoms with van der Waals surface area (Å²) in [6.07, 6.45) is 1.50. The molecule has 3 rings (SSSR count). The lowest BCUT2D eigenvalue weighted by atomic mass is 10.1. The number of amides is 1. The number of hydrogen-bond donors (Lipinski definition) is 1. The zero-order valence-electron chi connectivity index (χ0n) is 13.4. The molecular formula is C19H17NO4. The van der Waals surface area contributed by atoms with Crippen molar-refractivity contribution < 1.29 is 18.7 Å². The molecule has 1 aromatic heterocycles. The summed E-state index contributed by atoms with van der Waals surface area (Å²) in [6.45, 7) is 0. The highest BCUT2D eigenvalue weighted by atomic mass is 16.5. The Hall–Kier alpha value is -3.21. The molecule has 0 atom stereocenters. The van der Waals surface area contributed by atoms with E-state index in [4.69, 9.17) is 13.9 Å². The quantitative estimate of drug-likeness (QED) is 0.764. The van der Waals surface area contributed by atoms with Crippen LogP contribution in [0, 0.1) is 0 Å². The van der Waals surface area contributed by atoms with E-state index in [9.17, 15) is 4.79 Å². The molecule has 0 saturated heterocycles. The third-order valence-electron chi connectivity index (χ3n) is 3.57. The van der Waals surface area contributed by atoms with E-state index in [1.807, 2.05) is 30.3 Å². The normalized spacial score (nSPS) is 10.2. The van der Waals surface area contributed by atoms with Gasteiger partial charge in [0.15, 0.2) is 5.76 Å². The first-order valence-electron chi connectivity index (χ1n) is 7.38. The van der Waals surface area contributed by atoms with E-state index in [0.29, 0.717) is 17.2 Å². The first-order chi connectivity index (χ1) is 11.7. The van der Waals surface area contributed by atoms with Crippen LogP contribution in [-0.2, 0) is 0 Å². The highest BCUT2D eigenvalue weighted by molar-refractivity contribution is 6.06. The summed E-state index contributed by atoms with van der Waals surface area (Å²) >= 11 is 0. The number of ether oxygens (including phenoxy) is 2. The van der Waals surface area contributed by atoms with Crippen molar-refractivity contribution in [3.8, 4) is 22.6 Å². The molecule has 0 saturated carbocycles. The second-order valence-corrected chi connectivity index (χ2v) is 5.08. The fraction of sp³-hybridized carbons (Fsp3) is 0.105. The molecule has 0 spiro atoms. The molecular weight excluding hydrogens is 306 g/mol. The molecule has 0 aliphatic heterocycles. The Bertz CT molecular complexity index is 817. The molecule has 0 fully saturated rings. The van der Waals surface area contributed by atoms with Gasteiger partial charge >= 0.3 is 0 Å². The molecule has 1 N–H and O–H groups in total. The van der Waals surface area contributed by atoms with E-state index in [1.54, 1.807) is 38.5 Å². The van der Waals surface area contributed by atoms with Crippen molar-refractivity contribution in [3.63, 3.8) is 0 Å². The number of methoxy groups -OCH3 is 2. The highest BCUT2D eigenvalue weighted by Gasteiger charge is 2.17. The molecule has 0 bridgehead atoms. The second kappa shape index (κ2) is 6.91. The third kappa shape index (κ3) is 3.25. The Morgan fingerprint density at radius 2 is 1.62 bits per heavy atom. The van der Waals surface area contributed by atoms with Gasteiger partial charge in [-0.1, -0.05) is 30.3 Å². The first-order valence-corrected chi connectivity index (χ1v) is 7.38. The molecule has 5 heteroatoms. The fourth-order valence-electron chi connectivity index (χ4n) is 2.40. The molecule has 122 valence electrons. The van der Waals surface area contributed by atoms with Crippen LogP contribution in [-0.4, -0.2) is 20.1 Å². The lowest BCUT2D eigenvalue weighted by Gasteiger charge is -2.10. The van der Waals surface area contributed by atoms with E-state index >= 15 is 0 Å². The van der Waals surface area contributed by atoms with Gasteiger partial charge in [0.25, 0.3) is 5.91 Å². The maximum absolute atomic E-state index is 12.6. The molecule has 1 heterocycles. The molecule has 0 unspecified atom stereocenters. The average Bonchev–Trinajstić information content (AvgIpc) is 3.12. The number of carbonyl (C=O) groups is 1. The van der Waals surface area contributed by atoms with Crippen LogP contribution in [0.15, 0.2) is 65.3 Å². The molecule has 5 nitrogen and oxygen atoms in total. The maximum Gasteiger partial charge on any atom is 0.292 e. The summed E-state index contributed by atoms with van der Waals surface area (Å²) in [7, 11) is 3.11. The van der Waals surface area contributed by atoms with Crippen LogP contribution in [0.2, 0.25) is 0 Å². The van der Waals surface area contributed by atoms with Crippen molar-refractivity contribution in [2.45, 2.75) is 0 Å². The zero-order chi connectivity index (χ0) is 16.9. The van der Waals surface area contributed by atoms with Crippen LogP contribution < -0.4 is 14.8 Å². The number of hydrogen-bond acceptors (Lipinski definition) is 4. The van der Waals surface area contributed by atoms with Crippen LogP contribution in [0.5, 0.6) is 11.5 Å². The molecule has 0 aliphatic rings. The fourth-order valence-corrected chi connectivity index (χ4v) is 2.40. The van der Waals surface area contributed by atoms with Gasteiger partial charge in [-0.3, -0.25) is 4.79 Å². The van der Waals surface area contributed by atoms with Crippen molar-refractivity contribution in [1.29, 1.82) is 0 Å². The third-order valence-corrected chi connectivity index (χ3v) is 3.57. The van der Waals surface area contributed by atoms with Crippen molar-refractivity contribution in [2.24, 2.45) is 0 Å². The molecule has 3 aromatic rings. The average molecular weight is 323 g/mol. The second-order valence-electron chi connectivity index (χ2n) is 5.08. The van der Waals surface area contributed by atoms with Crippen molar-refractivity contribution in [1.82, 2.24) is 0 Å². The van der Waals surface area contributed by atoms with Crippen LogP contribution in [0.3, 0.4) is 0 Å². The molecule has 1 amide bonds. The molecule has 0 aliphatic carbocycles. The van der Waals surface area contributed by atoms with Gasteiger partial charge < -0.3 is 19.2 Å². The van der Waals surface area contributed by atoms with Gasteiger partial charge in [-0.15, -0.1) is 0 Å². The van der Waals surface area contributed by atoms with Gasteiger partial charge in [0, 0.05) is 29.4 Å². The number of rotatable bonds is 5. The minimum Gasteiger partial charge on any atom is -0.497 e. The Labute approximate surface area is 139 Å². The van der Waals surface area contributed by atoms with Gasteiger partial charge in [0.2, 0.25) is 0 Å². The minimum atomic E-state index is -0.339. The molecule has 0 radical (unpaired) electrons. The van der Waals surface area contributed by atoms with E-state index in [1.165, 1.54) is 6.26 Å². The number of furan rings is 1. The predicted octanol–water partition coefficient (Wildman–Crippen LogP) is 4.22. The van der Waals surface area contributed by atoms with Gasteiger partial charge in [-0.2, -0.15) is 0 Å². The lowest BCUT2D eigenvalue weighted by molar-refractivity contribution is 0.0997. The van der Waals surface area contributed by atoms with Crippen molar-refractivity contribution in [3.05, 3.63) is 66.6 Å². The van der Waals surface area contributed by atoms with Gasteiger partial charge in [-0.05, 0) is 11.6 Å². The van der Waals surface area contributed by atoms with E-state index in [-0.39, 0.29) is 11.7 Å². The van der Waals surface area contributed by atoms with Crippen LogP contribution in [0.1, 0.15) is 10.6 Å². The topological polar surface area (TPSA) is 60.7 Å². The Morgan fingerprint density at radius 1 is 0.958 bits per heavy atom. The van der Waals surface area contributed by atoms with Gasteiger partial charge in [0.1, 0.15) is 11.5 Å². The SMILES string of the molecule is COc1cc(NC(=O)c2occc2-c2ccccc2)cc(OC)c1. The van der Waals surface area contributed by atoms with E-state index < -0.39 is 0 Å². The Balaban J connectivity index is 1.88. The van der Waals surface area contributed by atoms with Crippen LogP contribution in [0.4, 0.5) is 5.69 Å². The number of anilines is 1. The van der Waals surface area contributed by atoms with Crippen LogP contribution in [0.25, 0.3) is 11.1 Å². The number of carbonyl (C=O) groups excluding carboxylic acids is 1. The predicted molar refractivity (Wildman–Crippen MR) is 91.6 cm³/mol. The summed E-state index contributed by atoms with van der Waals surface area (Å²) in [4.78, 5) is 12.6. The Kier molecular flexibility index (Phi) is 4.52. The largest absolute Gasteiger partial charge is 0.497 e. The van der Waals surface area contributed by atoms with Gasteiger partial charge in [-0.25, -0.2) is 0 Å². The summed E-state index contributed by atoms with van der Waals surface area (Å²) < 4.78 is 15.8. The smallest absolute Gasteiger partial charge is 0.292 e. The first kappa shape index (κ1) is 15.7. The molecule has 24 heavy (non-hydrogen) atoms. The van der Waals surface area contributed by atoms with E-state index in [2.05, 4.69) is 5.32 Å². The summed E-state index contributed by atoms with van der Waals surface area (Å²) in [6, 6.07) is 16.5. The standard InChI is InChI=1S/C19H17NO4/c1-22-15-10-14(11-16(12-15)23-2)20-19(21)18-17(8-9-24-18)13-6-4-3-5-7-13/h3-12H,1-2H3,(H,20,21). The number of nitrogens with one attached hydrogen (secondary N) is 1. The van der Waals surface area contributed by atoms with Crippen molar-refractivity contribution >= 4 is 11.6 Å².